The predicted octanol–water partition coefficient (Wildman–Crippen LogP) is 4.74. The van der Waals surface area contributed by atoms with E-state index in [4.69, 9.17) is 16.3 Å². The van der Waals surface area contributed by atoms with Crippen LogP contribution in [0, 0.1) is 0 Å². The van der Waals surface area contributed by atoms with Crippen molar-refractivity contribution in [2.24, 2.45) is 7.05 Å². The molecule has 4 rings (SSSR count). The van der Waals surface area contributed by atoms with Gasteiger partial charge in [0.15, 0.2) is 0 Å². The maximum Gasteiger partial charge on any atom is 0.410 e. The van der Waals surface area contributed by atoms with Gasteiger partial charge in [-0.05, 0) is 60.6 Å². The van der Waals surface area contributed by atoms with Crippen molar-refractivity contribution in [2.45, 2.75) is 50.7 Å². The van der Waals surface area contributed by atoms with E-state index in [0.29, 0.717) is 10.5 Å². The van der Waals surface area contributed by atoms with Crippen LogP contribution in [0.2, 0.25) is 5.02 Å². The zero-order chi connectivity index (χ0) is 23.5. The Morgan fingerprint density at radius 2 is 1.91 bits per heavy atom. The average molecular weight is 471 g/mol. The van der Waals surface area contributed by atoms with Gasteiger partial charge >= 0.3 is 12.1 Å². The van der Waals surface area contributed by atoms with E-state index in [1.165, 1.54) is 4.90 Å². The molecule has 174 valence electrons. The molecule has 1 heterocycles. The summed E-state index contributed by atoms with van der Waals surface area (Å²) in [5.74, 6) is -1.31. The van der Waals surface area contributed by atoms with Crippen LogP contribution in [0.15, 0.2) is 36.4 Å². The Morgan fingerprint density at radius 1 is 1.21 bits per heavy atom. The molecule has 1 atom stereocenters. The van der Waals surface area contributed by atoms with Crippen LogP contribution >= 0.6 is 11.6 Å². The lowest BCUT2D eigenvalue weighted by Crippen LogP contribution is -2.30. The number of fused-ring (bicyclic) bond motifs is 1. The molecule has 9 heteroatoms. The number of ether oxygens (including phenoxy) is 1. The van der Waals surface area contributed by atoms with Crippen LogP contribution in [0.4, 0.5) is 4.79 Å². The van der Waals surface area contributed by atoms with Gasteiger partial charge in [0.2, 0.25) is 0 Å². The van der Waals surface area contributed by atoms with Gasteiger partial charge in [0.05, 0.1) is 18.5 Å². The number of benzene rings is 2. The maximum absolute atomic E-state index is 12.5. The minimum atomic E-state index is -0.909. The number of hydrogen-bond acceptors (Lipinski definition) is 5. The lowest BCUT2D eigenvalue weighted by molar-refractivity contribution is -0.137. The van der Waals surface area contributed by atoms with E-state index < -0.39 is 11.9 Å². The minimum absolute atomic E-state index is 0.0160. The van der Waals surface area contributed by atoms with Crippen LogP contribution < -0.4 is 0 Å². The van der Waals surface area contributed by atoms with E-state index in [0.717, 1.165) is 47.9 Å². The van der Waals surface area contributed by atoms with Crippen LogP contribution in [0.25, 0.3) is 11.0 Å². The van der Waals surface area contributed by atoms with Crippen LogP contribution in [0.3, 0.4) is 0 Å². The number of carbonyl (C=O) groups excluding carboxylic acids is 1. The summed E-state index contributed by atoms with van der Waals surface area (Å²) in [4.78, 5) is 25.7. The van der Waals surface area contributed by atoms with Crippen LogP contribution in [-0.2, 0) is 23.1 Å². The molecule has 1 aliphatic rings. The zero-order valence-electron chi connectivity index (χ0n) is 18.7. The Labute approximate surface area is 197 Å². The van der Waals surface area contributed by atoms with E-state index in [-0.39, 0.29) is 25.2 Å². The smallest absolute Gasteiger partial charge is 0.410 e. The third kappa shape index (κ3) is 5.27. The van der Waals surface area contributed by atoms with Crippen molar-refractivity contribution in [2.75, 3.05) is 7.05 Å². The topological polar surface area (TPSA) is 97.5 Å². The number of carboxylic acids is 1. The number of carbonyl (C=O) groups is 2. The van der Waals surface area contributed by atoms with E-state index >= 15 is 0 Å². The fourth-order valence-corrected chi connectivity index (χ4v) is 4.55. The summed E-state index contributed by atoms with van der Waals surface area (Å²) in [6, 6.07) is 11.1. The lowest BCUT2D eigenvalue weighted by Gasteiger charge is -2.22. The second-order valence-electron chi connectivity index (χ2n) is 8.61. The fourth-order valence-electron chi connectivity index (χ4n) is 4.37. The molecular formula is C24H27ClN4O4. The summed E-state index contributed by atoms with van der Waals surface area (Å²) in [5.41, 5.74) is 3.93. The van der Waals surface area contributed by atoms with Gasteiger partial charge in [-0.1, -0.05) is 35.0 Å². The average Bonchev–Trinajstić information content (AvgIpc) is 3.43. The molecule has 1 aromatic heterocycles. The van der Waals surface area contributed by atoms with E-state index in [9.17, 15) is 14.7 Å². The molecule has 2 aromatic carbocycles. The first-order chi connectivity index (χ1) is 15.8. The quantitative estimate of drug-likeness (QED) is 0.535. The van der Waals surface area contributed by atoms with Crippen molar-refractivity contribution in [1.82, 2.24) is 19.9 Å². The monoisotopic (exact) mass is 470 g/mol. The van der Waals surface area contributed by atoms with E-state index in [1.807, 2.05) is 37.4 Å². The SMILES string of the molecule is CN(Cc1cc(C(CC(=O)O)c2ccc3c(c2)nnn3C)ccc1Cl)C(=O)OC1CCCC1. The molecule has 1 N–H and O–H groups in total. The number of aliphatic carboxylic acids is 1. The molecule has 0 saturated heterocycles. The van der Waals surface area contributed by atoms with Gasteiger partial charge in [-0.3, -0.25) is 4.79 Å². The number of halogens is 1. The van der Waals surface area contributed by atoms with Gasteiger partial charge in [0, 0.05) is 25.0 Å². The van der Waals surface area contributed by atoms with Gasteiger partial charge in [0.25, 0.3) is 0 Å². The Hall–Kier alpha value is -3.13. The van der Waals surface area contributed by atoms with Gasteiger partial charge in [-0.25, -0.2) is 9.48 Å². The summed E-state index contributed by atoms with van der Waals surface area (Å²) < 4.78 is 7.25. The van der Waals surface area contributed by atoms with E-state index in [2.05, 4.69) is 10.3 Å². The number of nitrogens with zero attached hydrogens (tertiary/aromatic N) is 4. The summed E-state index contributed by atoms with van der Waals surface area (Å²) in [5, 5.41) is 18.3. The van der Waals surface area contributed by atoms with Crippen LogP contribution in [-0.4, -0.2) is 50.2 Å². The normalized spacial score (nSPS) is 15.0. The first-order valence-corrected chi connectivity index (χ1v) is 11.4. The molecule has 0 bridgehead atoms. The Balaban J connectivity index is 1.59. The summed E-state index contributed by atoms with van der Waals surface area (Å²) in [6.07, 6.45) is 3.50. The van der Waals surface area contributed by atoms with Gasteiger partial charge in [0.1, 0.15) is 11.6 Å². The molecule has 0 aliphatic heterocycles. The number of aromatic nitrogens is 3. The molecule has 1 aliphatic carbocycles. The third-order valence-electron chi connectivity index (χ3n) is 6.18. The van der Waals surface area contributed by atoms with Crippen LogP contribution in [0.1, 0.15) is 54.7 Å². The first kappa shape index (κ1) is 23.0. The lowest BCUT2D eigenvalue weighted by atomic mass is 9.87. The third-order valence-corrected chi connectivity index (χ3v) is 6.55. The molecule has 1 amide bonds. The van der Waals surface area contributed by atoms with Crippen molar-refractivity contribution >= 4 is 34.7 Å². The van der Waals surface area contributed by atoms with E-state index in [1.54, 1.807) is 17.8 Å². The summed E-state index contributed by atoms with van der Waals surface area (Å²) >= 11 is 6.44. The number of carboxylic acid groups (broad SMARTS) is 1. The predicted molar refractivity (Wildman–Crippen MR) is 124 cm³/mol. The Kier molecular flexibility index (Phi) is 6.83. The highest BCUT2D eigenvalue weighted by Crippen LogP contribution is 2.32. The molecule has 1 fully saturated rings. The Bertz CT molecular complexity index is 1170. The van der Waals surface area contributed by atoms with Gasteiger partial charge < -0.3 is 14.7 Å². The first-order valence-electron chi connectivity index (χ1n) is 11.0. The molecule has 0 radical (unpaired) electrons. The molecule has 8 nitrogen and oxygen atoms in total. The molecule has 0 spiro atoms. The molecule has 1 saturated carbocycles. The van der Waals surface area contributed by atoms with Crippen molar-refractivity contribution in [3.8, 4) is 0 Å². The zero-order valence-corrected chi connectivity index (χ0v) is 19.5. The highest BCUT2D eigenvalue weighted by atomic mass is 35.5. The molecule has 1 unspecified atom stereocenters. The largest absolute Gasteiger partial charge is 0.481 e. The van der Waals surface area contributed by atoms with Crippen molar-refractivity contribution in [3.05, 3.63) is 58.1 Å². The molecule has 3 aromatic rings. The van der Waals surface area contributed by atoms with Crippen molar-refractivity contribution in [1.29, 1.82) is 0 Å². The fraction of sp³-hybridized carbons (Fsp3) is 0.417. The standard InChI is InChI=1S/C24H27ClN4O4/c1-28(24(32)33-18-5-3-4-6-18)14-17-11-15(7-9-20(17)25)19(13-23(30)31)16-8-10-22-21(12-16)26-27-29(22)2/h7-12,18-19H,3-6,13-14H2,1-2H3,(H,30,31). The van der Waals surface area contributed by atoms with Crippen molar-refractivity contribution < 1.29 is 19.4 Å². The Morgan fingerprint density at radius 3 is 2.64 bits per heavy atom. The van der Waals surface area contributed by atoms with Crippen molar-refractivity contribution in [3.63, 3.8) is 0 Å². The second-order valence-corrected chi connectivity index (χ2v) is 9.02. The maximum atomic E-state index is 12.5. The second kappa shape index (κ2) is 9.79. The minimum Gasteiger partial charge on any atom is -0.481 e. The number of aryl methyl sites for hydroxylation is 1. The molecular weight excluding hydrogens is 444 g/mol. The number of amides is 1. The van der Waals surface area contributed by atoms with Gasteiger partial charge in [-0.15, -0.1) is 5.10 Å². The summed E-state index contributed by atoms with van der Waals surface area (Å²) in [7, 11) is 3.49. The highest BCUT2D eigenvalue weighted by molar-refractivity contribution is 6.31. The number of rotatable bonds is 7. The highest BCUT2D eigenvalue weighted by Gasteiger charge is 2.23. The summed E-state index contributed by atoms with van der Waals surface area (Å²) in [6.45, 7) is 0.265. The number of hydrogen-bond donors (Lipinski definition) is 1. The van der Waals surface area contributed by atoms with Crippen LogP contribution in [0.5, 0.6) is 0 Å². The van der Waals surface area contributed by atoms with Gasteiger partial charge in [-0.2, -0.15) is 0 Å². The molecule has 33 heavy (non-hydrogen) atoms.